The number of hydrogen-bond acceptors (Lipinski definition) is 9. The molecule has 2 heterocycles. The average molecular weight is 615 g/mol. The Morgan fingerprint density at radius 3 is 2.71 bits per heavy atom. The van der Waals surface area contributed by atoms with Gasteiger partial charge in [0, 0.05) is 42.8 Å². The highest BCUT2D eigenvalue weighted by molar-refractivity contribution is 6.36. The van der Waals surface area contributed by atoms with Gasteiger partial charge in [-0.1, -0.05) is 29.3 Å². The van der Waals surface area contributed by atoms with Crippen LogP contribution in [0.25, 0.3) is 10.9 Å². The van der Waals surface area contributed by atoms with Gasteiger partial charge in [-0.2, -0.15) is 0 Å². The van der Waals surface area contributed by atoms with Gasteiger partial charge < -0.3 is 20.1 Å². The van der Waals surface area contributed by atoms with Gasteiger partial charge in [0.1, 0.15) is 28.7 Å². The zero-order valence-electron chi connectivity index (χ0n) is 22.1. The van der Waals surface area contributed by atoms with Gasteiger partial charge in [-0.3, -0.25) is 19.8 Å². The van der Waals surface area contributed by atoms with E-state index in [1.54, 1.807) is 12.1 Å². The molecule has 0 atom stereocenters. The number of halogens is 3. The molecule has 1 aromatic heterocycles. The predicted molar refractivity (Wildman–Crippen MR) is 158 cm³/mol. The number of anilines is 3. The lowest BCUT2D eigenvalue weighted by Gasteiger charge is -2.26. The smallest absolute Gasteiger partial charge is 0.288 e. The fraction of sp³-hybridized carbons (Fsp3) is 0.250. The van der Waals surface area contributed by atoms with E-state index in [2.05, 4.69) is 25.5 Å². The van der Waals surface area contributed by atoms with Crippen LogP contribution in [0.4, 0.5) is 27.3 Å². The molecule has 11 nitrogen and oxygen atoms in total. The molecule has 1 aliphatic heterocycles. The normalized spacial score (nSPS) is 13.6. The maximum atomic E-state index is 13.7. The predicted octanol–water partition coefficient (Wildman–Crippen LogP) is 6.08. The number of aromatic nitrogens is 2. The van der Waals surface area contributed by atoms with Crippen LogP contribution in [0.1, 0.15) is 16.8 Å². The molecule has 1 aliphatic rings. The Bertz CT molecular complexity index is 1640. The van der Waals surface area contributed by atoms with Gasteiger partial charge in [-0.15, -0.1) is 0 Å². The summed E-state index contributed by atoms with van der Waals surface area (Å²) in [5.74, 6) is -0.521. The summed E-state index contributed by atoms with van der Waals surface area (Å²) in [6.07, 6.45) is 2.09. The fourth-order valence-corrected chi connectivity index (χ4v) is 4.89. The second-order valence-corrected chi connectivity index (χ2v) is 10.1. The molecule has 2 N–H and O–H groups in total. The molecule has 0 bridgehead atoms. The Morgan fingerprint density at radius 1 is 1.14 bits per heavy atom. The fourth-order valence-electron chi connectivity index (χ4n) is 4.43. The van der Waals surface area contributed by atoms with Gasteiger partial charge in [0.25, 0.3) is 11.6 Å². The first-order chi connectivity index (χ1) is 20.3. The second-order valence-electron chi connectivity index (χ2n) is 9.35. The molecule has 218 valence electrons. The van der Waals surface area contributed by atoms with Crippen molar-refractivity contribution in [1.82, 2.24) is 14.9 Å². The minimum atomic E-state index is -0.669. The highest BCUT2D eigenvalue weighted by Crippen LogP contribution is 2.35. The standard InChI is InChI=1S/C28H25Cl2FN6O5/c29-20-13-17(5-6-21(20)31)34-27-19-14-23(35-28(38)18-3-1-4-24(26(18)30)37(39)40)25(15-22(19)32-16-33-27)42-10-2-7-36-8-11-41-12-9-36/h1,3-6,13-16H,2,7-12H2,(H,35,38)(H,32,33,34). The number of morpholine rings is 1. The molecular formula is C28H25Cl2FN6O5. The summed E-state index contributed by atoms with van der Waals surface area (Å²) in [5.41, 5.74) is 0.804. The van der Waals surface area contributed by atoms with Gasteiger partial charge in [0.05, 0.1) is 46.5 Å². The van der Waals surface area contributed by atoms with Crippen LogP contribution < -0.4 is 15.4 Å². The van der Waals surface area contributed by atoms with E-state index in [1.807, 2.05) is 0 Å². The largest absolute Gasteiger partial charge is 0.491 e. The number of nitrogens with one attached hydrogen (secondary N) is 2. The summed E-state index contributed by atoms with van der Waals surface area (Å²) in [6, 6.07) is 11.4. The quantitative estimate of drug-likeness (QED) is 0.124. The first-order valence-corrected chi connectivity index (χ1v) is 13.7. The van der Waals surface area contributed by atoms with Gasteiger partial charge in [0.15, 0.2) is 0 Å². The Balaban J connectivity index is 1.45. The average Bonchev–Trinajstić information content (AvgIpc) is 2.98. The number of amides is 1. The van der Waals surface area contributed by atoms with E-state index in [9.17, 15) is 19.3 Å². The van der Waals surface area contributed by atoms with Crippen LogP contribution in [0.15, 0.2) is 54.9 Å². The van der Waals surface area contributed by atoms with Crippen LogP contribution in [0.5, 0.6) is 5.75 Å². The number of fused-ring (bicyclic) bond motifs is 1. The van der Waals surface area contributed by atoms with Gasteiger partial charge in [-0.25, -0.2) is 14.4 Å². The molecule has 0 unspecified atom stereocenters. The van der Waals surface area contributed by atoms with E-state index in [4.69, 9.17) is 32.7 Å². The van der Waals surface area contributed by atoms with Crippen LogP contribution in [0.2, 0.25) is 10.0 Å². The summed E-state index contributed by atoms with van der Waals surface area (Å²) in [7, 11) is 0. The zero-order valence-corrected chi connectivity index (χ0v) is 23.6. The highest BCUT2D eigenvalue weighted by atomic mass is 35.5. The number of benzene rings is 3. The molecule has 42 heavy (non-hydrogen) atoms. The summed E-state index contributed by atoms with van der Waals surface area (Å²) in [4.78, 5) is 34.9. The summed E-state index contributed by atoms with van der Waals surface area (Å²) >= 11 is 12.1. The van der Waals surface area contributed by atoms with Crippen molar-refractivity contribution in [3.8, 4) is 5.75 Å². The van der Waals surface area contributed by atoms with Crippen molar-refractivity contribution in [1.29, 1.82) is 0 Å². The number of nitrogens with zero attached hydrogens (tertiary/aromatic N) is 4. The molecule has 0 aliphatic carbocycles. The minimum Gasteiger partial charge on any atom is -0.491 e. The van der Waals surface area contributed by atoms with Crippen molar-refractivity contribution >= 4 is 62.9 Å². The first-order valence-electron chi connectivity index (χ1n) is 13.0. The molecule has 1 amide bonds. The van der Waals surface area contributed by atoms with Crippen LogP contribution in [0, 0.1) is 15.9 Å². The monoisotopic (exact) mass is 614 g/mol. The Morgan fingerprint density at radius 2 is 1.95 bits per heavy atom. The molecule has 4 aromatic rings. The second kappa shape index (κ2) is 13.3. The first kappa shape index (κ1) is 29.4. The molecule has 0 spiro atoms. The van der Waals surface area contributed by atoms with Crippen molar-refractivity contribution in [3.05, 3.63) is 86.4 Å². The number of hydrogen-bond donors (Lipinski definition) is 2. The molecule has 1 fully saturated rings. The summed E-state index contributed by atoms with van der Waals surface area (Å²) in [6.45, 7) is 4.27. The molecule has 5 rings (SSSR count). The van der Waals surface area contributed by atoms with Crippen molar-refractivity contribution in [3.63, 3.8) is 0 Å². The maximum Gasteiger partial charge on any atom is 0.288 e. The number of carbonyl (C=O) groups excluding carboxylic acids is 1. The number of ether oxygens (including phenoxy) is 2. The van der Waals surface area contributed by atoms with Crippen molar-refractivity contribution in [2.75, 3.05) is 50.1 Å². The Labute approximate surface area is 249 Å². The number of nitro benzene ring substituents is 1. The summed E-state index contributed by atoms with van der Waals surface area (Å²) < 4.78 is 25.2. The lowest BCUT2D eigenvalue weighted by atomic mass is 10.1. The molecule has 0 saturated carbocycles. The molecule has 0 radical (unpaired) electrons. The van der Waals surface area contributed by atoms with Gasteiger partial charge >= 0.3 is 0 Å². The van der Waals surface area contributed by atoms with E-state index in [1.165, 1.54) is 42.7 Å². The molecule has 14 heteroatoms. The molecular weight excluding hydrogens is 590 g/mol. The lowest BCUT2D eigenvalue weighted by molar-refractivity contribution is -0.384. The zero-order chi connectivity index (χ0) is 29.6. The molecule has 1 saturated heterocycles. The van der Waals surface area contributed by atoms with E-state index >= 15 is 0 Å². The minimum absolute atomic E-state index is 0.0621. The third-order valence-corrected chi connectivity index (χ3v) is 7.25. The summed E-state index contributed by atoms with van der Waals surface area (Å²) in [5, 5.41) is 17.4. The molecule has 3 aromatic carbocycles. The van der Waals surface area contributed by atoms with E-state index in [-0.39, 0.29) is 27.0 Å². The van der Waals surface area contributed by atoms with E-state index < -0.39 is 16.6 Å². The number of carbonyl (C=O) groups is 1. The van der Waals surface area contributed by atoms with Crippen molar-refractivity contribution in [2.45, 2.75) is 6.42 Å². The lowest BCUT2D eigenvalue weighted by Crippen LogP contribution is -2.37. The van der Waals surface area contributed by atoms with Crippen LogP contribution >= 0.6 is 23.2 Å². The van der Waals surface area contributed by atoms with Crippen molar-refractivity contribution in [2.24, 2.45) is 0 Å². The van der Waals surface area contributed by atoms with Crippen LogP contribution in [-0.2, 0) is 4.74 Å². The van der Waals surface area contributed by atoms with Gasteiger partial charge in [-0.05, 0) is 36.8 Å². The van der Waals surface area contributed by atoms with Crippen LogP contribution in [0.3, 0.4) is 0 Å². The Hall–Kier alpha value is -4.10. The maximum absolute atomic E-state index is 13.7. The van der Waals surface area contributed by atoms with Crippen LogP contribution in [-0.4, -0.2) is 65.2 Å². The Kier molecular flexibility index (Phi) is 9.28. The van der Waals surface area contributed by atoms with E-state index in [0.29, 0.717) is 48.0 Å². The third-order valence-electron chi connectivity index (χ3n) is 6.57. The van der Waals surface area contributed by atoms with Crippen molar-refractivity contribution < 1.29 is 23.6 Å². The van der Waals surface area contributed by atoms with E-state index in [0.717, 1.165) is 26.1 Å². The van der Waals surface area contributed by atoms with Gasteiger partial charge in [0.2, 0.25) is 0 Å². The highest BCUT2D eigenvalue weighted by Gasteiger charge is 2.22. The number of nitro groups is 1. The SMILES string of the molecule is O=C(Nc1cc2c(Nc3ccc(F)c(Cl)c3)ncnc2cc1OCCCN1CCOCC1)c1cccc([N+](=O)[O-])c1Cl. The topological polar surface area (TPSA) is 132 Å². The third kappa shape index (κ3) is 6.85. The number of rotatable bonds is 10.